The summed E-state index contributed by atoms with van der Waals surface area (Å²) in [5, 5.41) is 3.37. The molecule has 1 heterocycles. The molecule has 1 rings (SSSR count). The molecule has 0 saturated heterocycles. The molecule has 22 heavy (non-hydrogen) atoms. The fraction of sp³-hybridized carbons (Fsp3) is 0.600. The van der Waals surface area contributed by atoms with Gasteiger partial charge in [-0.25, -0.2) is 0 Å². The van der Waals surface area contributed by atoms with Crippen molar-refractivity contribution in [3.8, 4) is 0 Å². The van der Waals surface area contributed by atoms with E-state index >= 15 is 0 Å². The van der Waals surface area contributed by atoms with Crippen molar-refractivity contribution in [3.05, 3.63) is 24.3 Å². The first-order valence-electron chi connectivity index (χ1n) is 7.51. The molecule has 7 heteroatoms. The molecule has 1 aliphatic heterocycles. The summed E-state index contributed by atoms with van der Waals surface area (Å²) in [5.74, 6) is -0.638. The zero-order chi connectivity index (χ0) is 16.4. The third-order valence-corrected chi connectivity index (χ3v) is 3.44. The van der Waals surface area contributed by atoms with Crippen LogP contribution >= 0.6 is 0 Å². The van der Waals surface area contributed by atoms with Gasteiger partial charge in [0, 0.05) is 25.4 Å². The normalized spacial score (nSPS) is 21.2. The quantitative estimate of drug-likeness (QED) is 0.241. The van der Waals surface area contributed by atoms with Gasteiger partial charge in [-0.3, -0.25) is 14.4 Å². The molecule has 0 saturated carbocycles. The van der Waals surface area contributed by atoms with E-state index in [4.69, 9.17) is 16.3 Å². The standard InChI is InChI=1S/C15H26N4O3/c1-2-7-22-19-13-10-18-12(5-3-4-6-14(16)20)8-11(13)9-15(17)21/h2,8,12-13,18-19H,1,3-7,9-10H2,(H2,16,20)(H2,17,21)/t12?,13-/m0/s1. The van der Waals surface area contributed by atoms with Crippen molar-refractivity contribution in [1.82, 2.24) is 10.8 Å². The van der Waals surface area contributed by atoms with Crippen LogP contribution < -0.4 is 22.3 Å². The Hall–Kier alpha value is -1.70. The van der Waals surface area contributed by atoms with Gasteiger partial charge in [0.05, 0.1) is 12.6 Å². The van der Waals surface area contributed by atoms with Crippen LogP contribution in [0.3, 0.4) is 0 Å². The van der Waals surface area contributed by atoms with Crippen LogP contribution in [0.2, 0.25) is 0 Å². The van der Waals surface area contributed by atoms with E-state index in [1.54, 1.807) is 6.08 Å². The average Bonchev–Trinajstić information content (AvgIpc) is 2.45. The zero-order valence-electron chi connectivity index (χ0n) is 12.8. The summed E-state index contributed by atoms with van der Waals surface area (Å²) in [6.45, 7) is 4.61. The van der Waals surface area contributed by atoms with Crippen LogP contribution in [0.4, 0.5) is 0 Å². The van der Waals surface area contributed by atoms with Gasteiger partial charge in [0.1, 0.15) is 0 Å². The molecule has 0 aromatic rings. The molecule has 2 atom stereocenters. The van der Waals surface area contributed by atoms with Gasteiger partial charge >= 0.3 is 0 Å². The number of unbranched alkanes of at least 4 members (excludes halogenated alkanes) is 1. The maximum Gasteiger partial charge on any atom is 0.221 e. The second-order valence-electron chi connectivity index (χ2n) is 5.38. The molecule has 0 bridgehead atoms. The van der Waals surface area contributed by atoms with E-state index in [1.165, 1.54) is 0 Å². The molecular formula is C15H26N4O3. The number of carbonyl (C=O) groups is 2. The van der Waals surface area contributed by atoms with Gasteiger partial charge in [-0.05, 0) is 18.4 Å². The highest BCUT2D eigenvalue weighted by Gasteiger charge is 2.23. The van der Waals surface area contributed by atoms with Crippen molar-refractivity contribution in [2.45, 2.75) is 44.2 Å². The number of hydroxylamine groups is 1. The van der Waals surface area contributed by atoms with Crippen LogP contribution in [0.5, 0.6) is 0 Å². The fourth-order valence-corrected chi connectivity index (χ4v) is 2.39. The van der Waals surface area contributed by atoms with E-state index < -0.39 is 0 Å². The topological polar surface area (TPSA) is 119 Å². The SMILES string of the molecule is C=CCON[C@H]1CNC(CCCCC(N)=O)C=C1CC(N)=O. The maximum atomic E-state index is 11.2. The first kappa shape index (κ1) is 18.3. The Balaban J connectivity index is 2.51. The Kier molecular flexibility index (Phi) is 8.42. The average molecular weight is 310 g/mol. The van der Waals surface area contributed by atoms with Crippen molar-refractivity contribution in [2.24, 2.45) is 11.5 Å². The predicted octanol–water partition coefficient (Wildman–Crippen LogP) is -0.118. The summed E-state index contributed by atoms with van der Waals surface area (Å²) in [7, 11) is 0. The van der Waals surface area contributed by atoms with E-state index in [0.29, 0.717) is 19.6 Å². The van der Waals surface area contributed by atoms with Gasteiger partial charge in [-0.1, -0.05) is 18.6 Å². The Bertz CT molecular complexity index is 423. The second kappa shape index (κ2) is 10.1. The maximum absolute atomic E-state index is 11.2. The molecule has 1 unspecified atom stereocenters. The van der Waals surface area contributed by atoms with Gasteiger partial charge in [0.25, 0.3) is 0 Å². The van der Waals surface area contributed by atoms with Crippen LogP contribution in [0.15, 0.2) is 24.3 Å². The van der Waals surface area contributed by atoms with Gasteiger partial charge < -0.3 is 16.8 Å². The fourth-order valence-electron chi connectivity index (χ4n) is 2.39. The number of hydrogen-bond donors (Lipinski definition) is 4. The minimum absolute atomic E-state index is 0.0886. The van der Waals surface area contributed by atoms with E-state index in [2.05, 4.69) is 17.4 Å². The third kappa shape index (κ3) is 7.35. The van der Waals surface area contributed by atoms with Crippen molar-refractivity contribution in [2.75, 3.05) is 13.2 Å². The molecule has 0 aromatic heterocycles. The molecule has 1 aliphatic rings. The summed E-state index contributed by atoms with van der Waals surface area (Å²) in [6, 6.07) is 0.0778. The summed E-state index contributed by atoms with van der Waals surface area (Å²) >= 11 is 0. The Morgan fingerprint density at radius 3 is 2.82 bits per heavy atom. The molecule has 2 amide bonds. The lowest BCUT2D eigenvalue weighted by Crippen LogP contribution is -2.48. The number of hydrogen-bond acceptors (Lipinski definition) is 5. The molecule has 0 fully saturated rings. The number of nitrogens with one attached hydrogen (secondary N) is 2. The number of rotatable bonds is 11. The van der Waals surface area contributed by atoms with Crippen molar-refractivity contribution in [1.29, 1.82) is 0 Å². The molecule has 6 N–H and O–H groups in total. The highest BCUT2D eigenvalue weighted by molar-refractivity contribution is 5.77. The van der Waals surface area contributed by atoms with Gasteiger partial charge in [0.2, 0.25) is 11.8 Å². The van der Waals surface area contributed by atoms with E-state index in [1.807, 2.05) is 6.08 Å². The monoisotopic (exact) mass is 310 g/mol. The minimum Gasteiger partial charge on any atom is -0.370 e. The third-order valence-electron chi connectivity index (χ3n) is 3.44. The Morgan fingerprint density at radius 2 is 2.18 bits per heavy atom. The smallest absolute Gasteiger partial charge is 0.221 e. The Labute approximate surface area is 131 Å². The first-order chi connectivity index (χ1) is 10.5. The van der Waals surface area contributed by atoms with Crippen molar-refractivity contribution in [3.63, 3.8) is 0 Å². The van der Waals surface area contributed by atoms with Crippen molar-refractivity contribution < 1.29 is 14.4 Å². The van der Waals surface area contributed by atoms with Crippen LogP contribution in [-0.2, 0) is 14.4 Å². The molecule has 7 nitrogen and oxygen atoms in total. The minimum atomic E-state index is -0.365. The van der Waals surface area contributed by atoms with Crippen LogP contribution in [0, 0.1) is 0 Å². The van der Waals surface area contributed by atoms with Crippen LogP contribution in [0.25, 0.3) is 0 Å². The highest BCUT2D eigenvalue weighted by Crippen LogP contribution is 2.17. The first-order valence-corrected chi connectivity index (χ1v) is 7.51. The Morgan fingerprint density at radius 1 is 1.41 bits per heavy atom. The van der Waals surface area contributed by atoms with Gasteiger partial charge in [-0.2, -0.15) is 5.48 Å². The zero-order valence-corrected chi connectivity index (χ0v) is 12.8. The van der Waals surface area contributed by atoms with E-state index in [9.17, 15) is 9.59 Å². The van der Waals surface area contributed by atoms with E-state index in [-0.39, 0.29) is 30.3 Å². The largest absolute Gasteiger partial charge is 0.370 e. The van der Waals surface area contributed by atoms with Crippen molar-refractivity contribution >= 4 is 11.8 Å². The molecule has 0 spiro atoms. The molecule has 124 valence electrons. The number of carbonyl (C=O) groups excluding carboxylic acids is 2. The predicted molar refractivity (Wildman–Crippen MR) is 84.4 cm³/mol. The van der Waals surface area contributed by atoms with Crippen LogP contribution in [-0.4, -0.2) is 37.0 Å². The lowest BCUT2D eigenvalue weighted by Gasteiger charge is -2.30. The summed E-state index contributed by atoms with van der Waals surface area (Å²) in [6.07, 6.45) is 6.83. The molecule has 0 aliphatic carbocycles. The summed E-state index contributed by atoms with van der Waals surface area (Å²) in [5.41, 5.74) is 14.3. The second-order valence-corrected chi connectivity index (χ2v) is 5.38. The van der Waals surface area contributed by atoms with Gasteiger partial charge in [-0.15, -0.1) is 6.58 Å². The number of amides is 2. The van der Waals surface area contributed by atoms with Crippen LogP contribution in [0.1, 0.15) is 32.1 Å². The summed E-state index contributed by atoms with van der Waals surface area (Å²) < 4.78 is 0. The molecular weight excluding hydrogens is 284 g/mol. The van der Waals surface area contributed by atoms with Gasteiger partial charge in [0.15, 0.2) is 0 Å². The lowest BCUT2D eigenvalue weighted by atomic mass is 9.94. The lowest BCUT2D eigenvalue weighted by molar-refractivity contribution is -0.118. The summed E-state index contributed by atoms with van der Waals surface area (Å²) in [4.78, 5) is 27.2. The molecule has 0 radical (unpaired) electrons. The highest BCUT2D eigenvalue weighted by atomic mass is 16.6. The van der Waals surface area contributed by atoms with E-state index in [0.717, 1.165) is 24.8 Å². The number of primary amides is 2. The number of nitrogens with two attached hydrogens (primary N) is 2. The molecule has 0 aromatic carbocycles.